The highest BCUT2D eigenvalue weighted by Gasteiger charge is 2.47. The fraction of sp³-hybridized carbons (Fsp3) is 0.441. The molecule has 3 aliphatic rings. The summed E-state index contributed by atoms with van der Waals surface area (Å²) in [5.41, 5.74) is 11.7. The van der Waals surface area contributed by atoms with E-state index in [1.807, 2.05) is 6.07 Å². The first-order chi connectivity index (χ1) is 21.3. The van der Waals surface area contributed by atoms with Gasteiger partial charge in [0.2, 0.25) is 5.91 Å². The highest BCUT2D eigenvalue weighted by Crippen LogP contribution is 2.35. The third-order valence-corrected chi connectivity index (χ3v) is 10.2. The number of carbonyl (C=O) groups excluding carboxylic acids is 1. The van der Waals surface area contributed by atoms with Crippen molar-refractivity contribution in [3.05, 3.63) is 100 Å². The Morgan fingerprint density at radius 3 is 2.64 bits per heavy atom. The molecule has 10 heteroatoms. The minimum absolute atomic E-state index is 0.182. The maximum Gasteiger partial charge on any atom is 0.242 e. The van der Waals surface area contributed by atoms with Gasteiger partial charge in [-0.1, -0.05) is 47.5 Å². The Balaban J connectivity index is 1.14. The second-order valence-corrected chi connectivity index (χ2v) is 13.3. The zero-order valence-electron chi connectivity index (χ0n) is 24.6. The standard InChI is InChI=1S/C34H40F2N4O3S/c35-25-13-11-22(12-14-25)32(24-10-9-21-4-1-5-23(21)18-24)33(37)34(41)39-29-8-2-7-28(36)27(29)15-16-30-31-20-40(31)26(19-38-30)6-3-17-44(42)43/h2,7-14,18,26,30-33,38H,1,3-6,15-17,19-20,37H2,(H,39,41)(H,42,43)/p-1/t26?,30?,31?,32-,33-,40?/m0/s1. The van der Waals surface area contributed by atoms with Crippen molar-refractivity contribution >= 4 is 22.7 Å². The van der Waals surface area contributed by atoms with E-state index in [0.29, 0.717) is 42.6 Å². The molecule has 0 bridgehead atoms. The molecule has 1 amide bonds. The van der Waals surface area contributed by atoms with E-state index in [1.54, 1.807) is 24.3 Å². The van der Waals surface area contributed by atoms with E-state index >= 15 is 4.39 Å². The smallest absolute Gasteiger partial charge is 0.242 e. The maximum absolute atomic E-state index is 15.2. The molecular weight excluding hydrogens is 582 g/mol. The van der Waals surface area contributed by atoms with Crippen LogP contribution in [-0.2, 0) is 35.1 Å². The molecule has 7 nitrogen and oxygen atoms in total. The number of carbonyl (C=O) groups is 1. The number of hydrogen-bond acceptors (Lipinski definition) is 6. The molecule has 0 aromatic heterocycles. The predicted octanol–water partition coefficient (Wildman–Crippen LogP) is 4.17. The van der Waals surface area contributed by atoms with Crippen LogP contribution in [0.15, 0.2) is 60.7 Å². The molecule has 6 rings (SSSR count). The van der Waals surface area contributed by atoms with Gasteiger partial charge in [0.25, 0.3) is 0 Å². The van der Waals surface area contributed by atoms with Gasteiger partial charge < -0.3 is 20.9 Å². The van der Waals surface area contributed by atoms with Crippen LogP contribution < -0.4 is 16.4 Å². The summed E-state index contributed by atoms with van der Waals surface area (Å²) in [6.07, 6.45) is 5.71. The van der Waals surface area contributed by atoms with Gasteiger partial charge in [-0.05, 0) is 91.5 Å². The Hall–Kier alpha value is -3.02. The molecule has 2 heterocycles. The Morgan fingerprint density at radius 2 is 1.84 bits per heavy atom. The lowest BCUT2D eigenvalue weighted by molar-refractivity contribution is -0.117. The first-order valence-electron chi connectivity index (χ1n) is 15.5. The van der Waals surface area contributed by atoms with Gasteiger partial charge in [-0.2, -0.15) is 0 Å². The van der Waals surface area contributed by atoms with Crippen LogP contribution in [0, 0.1) is 11.6 Å². The second kappa shape index (κ2) is 13.5. The van der Waals surface area contributed by atoms with Gasteiger partial charge in [-0.15, -0.1) is 0 Å². The fourth-order valence-electron chi connectivity index (χ4n) is 7.15. The van der Waals surface area contributed by atoms with Crippen LogP contribution in [0.1, 0.15) is 59.4 Å². The molecule has 234 valence electrons. The summed E-state index contributed by atoms with van der Waals surface area (Å²) in [6, 6.07) is 16.9. The number of nitrogens with two attached hydrogens (primary N) is 1. The zero-order chi connectivity index (χ0) is 30.8. The maximum atomic E-state index is 15.2. The third kappa shape index (κ3) is 6.94. The van der Waals surface area contributed by atoms with Crippen LogP contribution in [0.3, 0.4) is 0 Å². The number of piperazine rings is 1. The number of hydrogen-bond donors (Lipinski definition) is 3. The molecule has 3 aromatic carbocycles. The summed E-state index contributed by atoms with van der Waals surface area (Å²) in [4.78, 5) is 16.1. The van der Waals surface area contributed by atoms with Crippen molar-refractivity contribution in [2.75, 3.05) is 24.2 Å². The molecule has 5 unspecified atom stereocenters. The molecule has 1 aliphatic carbocycles. The van der Waals surface area contributed by atoms with Crippen molar-refractivity contribution in [2.24, 2.45) is 5.73 Å². The summed E-state index contributed by atoms with van der Waals surface area (Å²) >= 11 is -2.01. The summed E-state index contributed by atoms with van der Waals surface area (Å²) in [6.45, 7) is 1.72. The van der Waals surface area contributed by atoms with Gasteiger partial charge in [-0.3, -0.25) is 13.9 Å². The van der Waals surface area contributed by atoms with Crippen LogP contribution in [-0.4, -0.2) is 62.6 Å². The first kappa shape index (κ1) is 31.0. The number of amides is 1. The van der Waals surface area contributed by atoms with Gasteiger partial charge in [0.05, 0.1) is 6.04 Å². The Labute approximate surface area is 259 Å². The number of nitrogens with one attached hydrogen (secondary N) is 2. The Morgan fingerprint density at radius 1 is 1.07 bits per heavy atom. The van der Waals surface area contributed by atoms with Gasteiger partial charge >= 0.3 is 0 Å². The lowest BCUT2D eigenvalue weighted by Gasteiger charge is -2.31. The molecule has 0 saturated carbocycles. The van der Waals surface area contributed by atoms with E-state index in [2.05, 4.69) is 27.7 Å². The summed E-state index contributed by atoms with van der Waals surface area (Å²) in [5, 5.41) is 6.51. The molecule has 44 heavy (non-hydrogen) atoms. The molecule has 2 fully saturated rings. The Kier molecular flexibility index (Phi) is 9.53. The topological polar surface area (TPSA) is 110 Å². The van der Waals surface area contributed by atoms with E-state index < -0.39 is 28.9 Å². The van der Waals surface area contributed by atoms with Crippen molar-refractivity contribution in [1.29, 1.82) is 0 Å². The van der Waals surface area contributed by atoms with Crippen LogP contribution in [0.25, 0.3) is 0 Å². The van der Waals surface area contributed by atoms with E-state index in [-0.39, 0.29) is 23.4 Å². The van der Waals surface area contributed by atoms with Crippen LogP contribution in [0.4, 0.5) is 14.5 Å². The minimum atomic E-state index is -2.01. The second-order valence-electron chi connectivity index (χ2n) is 12.3. The molecule has 7 atom stereocenters. The summed E-state index contributed by atoms with van der Waals surface area (Å²) in [7, 11) is 0. The first-order valence-corrected chi connectivity index (χ1v) is 16.8. The number of anilines is 1. The average Bonchev–Trinajstić information content (AvgIpc) is 3.68. The normalized spacial score (nSPS) is 24.2. The molecule has 4 N–H and O–H groups in total. The van der Waals surface area contributed by atoms with Crippen molar-refractivity contribution < 1.29 is 22.3 Å². The summed E-state index contributed by atoms with van der Waals surface area (Å²) < 4.78 is 50.7. The van der Waals surface area contributed by atoms with E-state index in [0.717, 1.165) is 49.9 Å². The van der Waals surface area contributed by atoms with Crippen LogP contribution in [0.2, 0.25) is 0 Å². The van der Waals surface area contributed by atoms with Crippen molar-refractivity contribution in [3.63, 3.8) is 0 Å². The molecule has 3 aromatic rings. The van der Waals surface area contributed by atoms with Gasteiger partial charge in [0.1, 0.15) is 11.6 Å². The monoisotopic (exact) mass is 621 g/mol. The third-order valence-electron chi connectivity index (χ3n) is 9.54. The van der Waals surface area contributed by atoms with Gasteiger partial charge in [0.15, 0.2) is 0 Å². The zero-order valence-corrected chi connectivity index (χ0v) is 25.5. The van der Waals surface area contributed by atoms with Gasteiger partial charge in [0, 0.05) is 54.1 Å². The van der Waals surface area contributed by atoms with Gasteiger partial charge in [-0.25, -0.2) is 8.78 Å². The number of halogens is 2. The largest absolute Gasteiger partial charge is 0.772 e. The van der Waals surface area contributed by atoms with Crippen molar-refractivity contribution in [1.82, 2.24) is 10.2 Å². The SMILES string of the molecule is N[C@H](C(=O)Nc1cccc(F)c1CCC1NCC(CCCS(=O)[O-])N2CC12)[C@@H](c1ccc(F)cc1)c1ccc2c(c1)CCC2. The number of fused-ring (bicyclic) bond motifs is 2. The average molecular weight is 622 g/mol. The molecule has 2 aliphatic heterocycles. The molecule has 0 spiro atoms. The number of aryl methyl sites for hydroxylation is 2. The predicted molar refractivity (Wildman–Crippen MR) is 167 cm³/mol. The Bertz CT molecular complexity index is 1520. The van der Waals surface area contributed by atoms with Crippen molar-refractivity contribution in [2.45, 2.75) is 75.0 Å². The minimum Gasteiger partial charge on any atom is -0.772 e. The van der Waals surface area contributed by atoms with E-state index in [1.165, 1.54) is 29.3 Å². The van der Waals surface area contributed by atoms with E-state index in [9.17, 15) is 17.9 Å². The van der Waals surface area contributed by atoms with Crippen LogP contribution >= 0.6 is 0 Å². The number of rotatable bonds is 12. The summed E-state index contributed by atoms with van der Waals surface area (Å²) in [5.74, 6) is -1.50. The van der Waals surface area contributed by atoms with Crippen molar-refractivity contribution in [3.8, 4) is 0 Å². The van der Waals surface area contributed by atoms with Crippen LogP contribution in [0.5, 0.6) is 0 Å². The quantitative estimate of drug-likeness (QED) is 0.207. The fourth-order valence-corrected chi connectivity index (χ4v) is 7.55. The lowest BCUT2D eigenvalue weighted by atomic mass is 9.83. The number of benzene rings is 3. The number of nitrogens with zero attached hydrogens (tertiary/aromatic N) is 1. The highest BCUT2D eigenvalue weighted by atomic mass is 32.2. The molecule has 0 radical (unpaired) electrons. The molecule has 2 saturated heterocycles. The van der Waals surface area contributed by atoms with E-state index in [4.69, 9.17) is 5.73 Å². The molecular formula is C34H39F2N4O3S-. The highest BCUT2D eigenvalue weighted by molar-refractivity contribution is 7.79. The lowest BCUT2D eigenvalue weighted by Crippen LogP contribution is -2.49.